The number of carbonyl (C=O) groups is 1. The summed E-state index contributed by atoms with van der Waals surface area (Å²) in [4.78, 5) is 12.8. The molecule has 0 spiro atoms. The number of methoxy groups -OCH3 is 1. The zero-order valence-corrected chi connectivity index (χ0v) is 14.8. The molecule has 1 unspecified atom stereocenters. The average molecular weight is 316 g/mol. The van der Waals surface area contributed by atoms with Crippen LogP contribution in [0.5, 0.6) is 0 Å². The third-order valence-electron chi connectivity index (χ3n) is 4.24. The number of rotatable bonds is 5. The standard InChI is InChI=1S/C19H28N2O2/c1-12(2)14-8-6-9-15(13(3)4)17(14)21-19(22)18-16(23-5)10-7-11-20-18/h6,8-10,12-13,18,20H,7,11H2,1-5H3,(H,21,22). The predicted octanol–water partition coefficient (Wildman–Crippen LogP) is 3.76. The number of amides is 1. The van der Waals surface area contributed by atoms with Crippen molar-refractivity contribution in [2.75, 3.05) is 19.0 Å². The normalized spacial score (nSPS) is 18.0. The molecule has 2 N–H and O–H groups in total. The topological polar surface area (TPSA) is 50.4 Å². The number of hydrogen-bond donors (Lipinski definition) is 2. The molecule has 1 aliphatic heterocycles. The molecule has 0 bridgehead atoms. The molecule has 0 aromatic heterocycles. The summed E-state index contributed by atoms with van der Waals surface area (Å²) in [6.45, 7) is 9.37. The van der Waals surface area contributed by atoms with Crippen molar-refractivity contribution < 1.29 is 9.53 Å². The monoisotopic (exact) mass is 316 g/mol. The maximum Gasteiger partial charge on any atom is 0.249 e. The van der Waals surface area contributed by atoms with Crippen LogP contribution in [-0.2, 0) is 9.53 Å². The Labute approximate surface area is 139 Å². The van der Waals surface area contributed by atoms with Crippen LogP contribution in [0.2, 0.25) is 0 Å². The predicted molar refractivity (Wildman–Crippen MR) is 94.7 cm³/mol. The highest BCUT2D eigenvalue weighted by molar-refractivity contribution is 5.98. The fraction of sp³-hybridized carbons (Fsp3) is 0.526. The summed E-state index contributed by atoms with van der Waals surface area (Å²) in [6.07, 6.45) is 2.87. The minimum atomic E-state index is -0.422. The molecule has 0 fully saturated rings. The molecule has 1 heterocycles. The van der Waals surface area contributed by atoms with Gasteiger partial charge in [-0.05, 0) is 42.0 Å². The largest absolute Gasteiger partial charge is 0.499 e. The Morgan fingerprint density at radius 2 is 1.83 bits per heavy atom. The summed E-state index contributed by atoms with van der Waals surface area (Å²) in [5.74, 6) is 1.33. The number of anilines is 1. The zero-order chi connectivity index (χ0) is 17.0. The Kier molecular flexibility index (Phi) is 5.83. The van der Waals surface area contributed by atoms with Crippen molar-refractivity contribution in [1.82, 2.24) is 5.32 Å². The summed E-state index contributed by atoms with van der Waals surface area (Å²) in [5, 5.41) is 6.39. The van der Waals surface area contributed by atoms with E-state index in [1.54, 1.807) is 7.11 Å². The fourth-order valence-electron chi connectivity index (χ4n) is 2.97. The van der Waals surface area contributed by atoms with E-state index in [0.29, 0.717) is 17.6 Å². The van der Waals surface area contributed by atoms with Crippen LogP contribution in [0.3, 0.4) is 0 Å². The van der Waals surface area contributed by atoms with Crippen LogP contribution in [0, 0.1) is 0 Å². The van der Waals surface area contributed by atoms with E-state index in [9.17, 15) is 4.79 Å². The number of hydrogen-bond acceptors (Lipinski definition) is 3. The van der Waals surface area contributed by atoms with Gasteiger partial charge in [-0.3, -0.25) is 10.1 Å². The van der Waals surface area contributed by atoms with Gasteiger partial charge >= 0.3 is 0 Å². The van der Waals surface area contributed by atoms with Crippen LogP contribution < -0.4 is 10.6 Å². The van der Waals surface area contributed by atoms with Crippen molar-refractivity contribution in [3.05, 3.63) is 41.2 Å². The minimum absolute atomic E-state index is 0.0622. The van der Waals surface area contributed by atoms with Crippen molar-refractivity contribution in [3.63, 3.8) is 0 Å². The third-order valence-corrected chi connectivity index (χ3v) is 4.24. The lowest BCUT2D eigenvalue weighted by molar-refractivity contribution is -0.118. The highest BCUT2D eigenvalue weighted by Crippen LogP contribution is 2.32. The van der Waals surface area contributed by atoms with Crippen LogP contribution >= 0.6 is 0 Å². The van der Waals surface area contributed by atoms with Crippen molar-refractivity contribution in [1.29, 1.82) is 0 Å². The Morgan fingerprint density at radius 1 is 1.22 bits per heavy atom. The molecule has 0 radical (unpaired) electrons. The molecular weight excluding hydrogens is 288 g/mol. The highest BCUT2D eigenvalue weighted by Gasteiger charge is 2.27. The molecule has 1 amide bonds. The van der Waals surface area contributed by atoms with E-state index in [1.165, 1.54) is 11.1 Å². The number of ether oxygens (including phenoxy) is 1. The van der Waals surface area contributed by atoms with Gasteiger partial charge in [0.25, 0.3) is 0 Å². The number of nitrogens with one attached hydrogen (secondary N) is 2. The van der Waals surface area contributed by atoms with Gasteiger partial charge in [-0.25, -0.2) is 0 Å². The van der Waals surface area contributed by atoms with E-state index in [-0.39, 0.29) is 5.91 Å². The molecule has 0 saturated heterocycles. The van der Waals surface area contributed by atoms with Crippen molar-refractivity contribution in [2.24, 2.45) is 0 Å². The molecule has 1 atom stereocenters. The first-order valence-electron chi connectivity index (χ1n) is 8.36. The zero-order valence-electron chi connectivity index (χ0n) is 14.8. The molecule has 0 saturated carbocycles. The number of benzene rings is 1. The lowest BCUT2D eigenvalue weighted by Crippen LogP contribution is -2.45. The number of carbonyl (C=O) groups excluding carboxylic acids is 1. The van der Waals surface area contributed by atoms with Gasteiger partial charge in [0.2, 0.25) is 5.91 Å². The third kappa shape index (κ3) is 3.94. The van der Waals surface area contributed by atoms with Gasteiger partial charge in [-0.2, -0.15) is 0 Å². The summed E-state index contributed by atoms with van der Waals surface area (Å²) >= 11 is 0. The van der Waals surface area contributed by atoms with Gasteiger partial charge in [0, 0.05) is 5.69 Å². The first-order valence-corrected chi connectivity index (χ1v) is 8.36. The minimum Gasteiger partial charge on any atom is -0.499 e. The first-order chi connectivity index (χ1) is 11.0. The van der Waals surface area contributed by atoms with Crippen LogP contribution in [-0.4, -0.2) is 25.6 Å². The molecule has 4 nitrogen and oxygen atoms in total. The summed E-state index contributed by atoms with van der Waals surface area (Å²) in [5.41, 5.74) is 3.29. The second-order valence-electron chi connectivity index (χ2n) is 6.60. The fourth-order valence-corrected chi connectivity index (χ4v) is 2.97. The Hall–Kier alpha value is -1.81. The van der Waals surface area contributed by atoms with E-state index >= 15 is 0 Å². The SMILES string of the molecule is COC1=CCCNC1C(=O)Nc1c(C(C)C)cccc1C(C)C. The summed E-state index contributed by atoms with van der Waals surface area (Å²) in [6, 6.07) is 5.83. The summed E-state index contributed by atoms with van der Waals surface area (Å²) < 4.78 is 5.36. The van der Waals surface area contributed by atoms with Gasteiger partial charge in [-0.15, -0.1) is 0 Å². The Morgan fingerprint density at radius 3 is 2.35 bits per heavy atom. The van der Waals surface area contributed by atoms with Gasteiger partial charge in [0.15, 0.2) is 0 Å². The van der Waals surface area contributed by atoms with Gasteiger partial charge < -0.3 is 10.1 Å². The van der Waals surface area contributed by atoms with Crippen LogP contribution in [0.15, 0.2) is 30.0 Å². The molecule has 126 valence electrons. The van der Waals surface area contributed by atoms with Crippen LogP contribution in [0.25, 0.3) is 0 Å². The highest BCUT2D eigenvalue weighted by atomic mass is 16.5. The quantitative estimate of drug-likeness (QED) is 0.869. The molecule has 1 aromatic rings. The van der Waals surface area contributed by atoms with E-state index in [1.807, 2.05) is 6.08 Å². The van der Waals surface area contributed by atoms with E-state index in [0.717, 1.165) is 18.7 Å². The lowest BCUT2D eigenvalue weighted by atomic mass is 9.92. The van der Waals surface area contributed by atoms with Gasteiger partial charge in [-0.1, -0.05) is 45.9 Å². The van der Waals surface area contributed by atoms with E-state index in [4.69, 9.17) is 4.74 Å². The molecule has 1 aromatic carbocycles. The molecule has 2 rings (SSSR count). The Bertz CT molecular complexity index is 565. The maximum absolute atomic E-state index is 12.8. The van der Waals surface area contributed by atoms with Crippen LogP contribution in [0.1, 0.15) is 57.1 Å². The second kappa shape index (κ2) is 7.64. The molecular formula is C19H28N2O2. The van der Waals surface area contributed by atoms with Crippen LogP contribution in [0.4, 0.5) is 5.69 Å². The van der Waals surface area contributed by atoms with Crippen molar-refractivity contribution >= 4 is 11.6 Å². The average Bonchev–Trinajstić information content (AvgIpc) is 2.54. The smallest absolute Gasteiger partial charge is 0.249 e. The van der Waals surface area contributed by atoms with E-state index < -0.39 is 6.04 Å². The lowest BCUT2D eigenvalue weighted by Gasteiger charge is -2.26. The molecule has 4 heteroatoms. The summed E-state index contributed by atoms with van der Waals surface area (Å²) in [7, 11) is 1.61. The Balaban J connectivity index is 2.33. The van der Waals surface area contributed by atoms with Gasteiger partial charge in [0.1, 0.15) is 11.8 Å². The number of para-hydroxylation sites is 1. The second-order valence-corrected chi connectivity index (χ2v) is 6.60. The van der Waals surface area contributed by atoms with E-state index in [2.05, 4.69) is 56.5 Å². The maximum atomic E-state index is 12.8. The van der Waals surface area contributed by atoms with Gasteiger partial charge in [0.05, 0.1) is 7.11 Å². The van der Waals surface area contributed by atoms with Crippen molar-refractivity contribution in [2.45, 2.75) is 52.0 Å². The first kappa shape index (κ1) is 17.5. The molecule has 1 aliphatic rings. The molecule has 0 aliphatic carbocycles. The molecule has 23 heavy (non-hydrogen) atoms. The van der Waals surface area contributed by atoms with Crippen molar-refractivity contribution in [3.8, 4) is 0 Å².